The van der Waals surface area contributed by atoms with Gasteiger partial charge in [-0.05, 0) is 32.5 Å². The fourth-order valence-electron chi connectivity index (χ4n) is 3.04. The zero-order valence-corrected chi connectivity index (χ0v) is 12.1. The summed E-state index contributed by atoms with van der Waals surface area (Å²) in [6.45, 7) is 4.82. The Morgan fingerprint density at radius 2 is 2.20 bits per heavy atom. The van der Waals surface area contributed by atoms with E-state index in [0.29, 0.717) is 5.88 Å². The molecule has 2 atom stereocenters. The van der Waals surface area contributed by atoms with Gasteiger partial charge >= 0.3 is 0 Å². The summed E-state index contributed by atoms with van der Waals surface area (Å²) in [5.74, 6) is 0.660. The standard InChI is InChI=1S/C15H21N3O2/c1-11-4-5-14(16-9-11)20-13-8-12-10-17(2)6-3-7-18(12)15(13)19/h4-5,9,12-13H,3,6-8,10H2,1-2H3. The lowest BCUT2D eigenvalue weighted by Crippen LogP contribution is -2.38. The number of amides is 1. The number of nitrogens with zero attached hydrogens (tertiary/aromatic N) is 3. The number of carbonyl (C=O) groups excluding carboxylic acids is 1. The lowest BCUT2D eigenvalue weighted by molar-refractivity contribution is -0.134. The van der Waals surface area contributed by atoms with Gasteiger partial charge in [0.25, 0.3) is 5.91 Å². The summed E-state index contributed by atoms with van der Waals surface area (Å²) >= 11 is 0. The van der Waals surface area contributed by atoms with E-state index in [1.54, 1.807) is 6.20 Å². The Morgan fingerprint density at radius 1 is 1.35 bits per heavy atom. The molecule has 3 rings (SSSR count). The summed E-state index contributed by atoms with van der Waals surface area (Å²) in [5, 5.41) is 0. The Labute approximate surface area is 119 Å². The van der Waals surface area contributed by atoms with Crippen LogP contribution in [0.15, 0.2) is 18.3 Å². The fraction of sp³-hybridized carbons (Fsp3) is 0.600. The van der Waals surface area contributed by atoms with E-state index >= 15 is 0 Å². The highest BCUT2D eigenvalue weighted by atomic mass is 16.5. The molecule has 0 aliphatic carbocycles. The second-order valence-corrected chi connectivity index (χ2v) is 5.82. The van der Waals surface area contributed by atoms with Crippen molar-refractivity contribution >= 4 is 5.91 Å². The van der Waals surface area contributed by atoms with Crippen LogP contribution in [0, 0.1) is 6.92 Å². The fourth-order valence-corrected chi connectivity index (χ4v) is 3.04. The molecule has 0 radical (unpaired) electrons. The number of aromatic nitrogens is 1. The van der Waals surface area contributed by atoms with Crippen molar-refractivity contribution in [2.24, 2.45) is 0 Å². The summed E-state index contributed by atoms with van der Waals surface area (Å²) in [6, 6.07) is 4.07. The van der Waals surface area contributed by atoms with Gasteiger partial charge < -0.3 is 14.5 Å². The molecule has 5 nitrogen and oxygen atoms in total. The van der Waals surface area contributed by atoms with Crippen molar-refractivity contribution in [2.45, 2.75) is 31.9 Å². The molecule has 5 heteroatoms. The molecule has 3 heterocycles. The monoisotopic (exact) mass is 275 g/mol. The van der Waals surface area contributed by atoms with E-state index in [9.17, 15) is 4.79 Å². The third-order valence-corrected chi connectivity index (χ3v) is 4.09. The van der Waals surface area contributed by atoms with Crippen molar-refractivity contribution in [3.63, 3.8) is 0 Å². The average Bonchev–Trinajstić information content (AvgIpc) is 2.60. The minimum atomic E-state index is -0.373. The second kappa shape index (κ2) is 5.40. The van der Waals surface area contributed by atoms with E-state index in [-0.39, 0.29) is 18.1 Å². The van der Waals surface area contributed by atoms with Crippen molar-refractivity contribution in [1.82, 2.24) is 14.8 Å². The Hall–Kier alpha value is -1.62. The Kier molecular flexibility index (Phi) is 3.61. The minimum Gasteiger partial charge on any atom is -0.464 e. The molecule has 0 saturated carbocycles. The minimum absolute atomic E-state index is 0.118. The lowest BCUT2D eigenvalue weighted by Gasteiger charge is -2.22. The number of ether oxygens (including phenoxy) is 1. The van der Waals surface area contributed by atoms with Crippen LogP contribution in [0.4, 0.5) is 0 Å². The van der Waals surface area contributed by atoms with Gasteiger partial charge in [0, 0.05) is 37.8 Å². The van der Waals surface area contributed by atoms with Crippen LogP contribution in [0.5, 0.6) is 5.88 Å². The first kappa shape index (κ1) is 13.4. The highest BCUT2D eigenvalue weighted by Crippen LogP contribution is 2.25. The van der Waals surface area contributed by atoms with E-state index in [0.717, 1.165) is 38.0 Å². The number of hydrogen-bond donors (Lipinski definition) is 0. The van der Waals surface area contributed by atoms with Gasteiger partial charge in [0.2, 0.25) is 5.88 Å². The molecule has 0 aromatic carbocycles. The second-order valence-electron chi connectivity index (χ2n) is 5.82. The number of likely N-dealkylation sites (N-methyl/N-ethyl adjacent to an activating group) is 1. The van der Waals surface area contributed by atoms with Crippen LogP contribution in [-0.2, 0) is 4.79 Å². The molecular formula is C15H21N3O2. The Bertz CT molecular complexity index is 488. The van der Waals surface area contributed by atoms with Gasteiger partial charge in [0.05, 0.1) is 0 Å². The zero-order valence-electron chi connectivity index (χ0n) is 12.1. The molecule has 0 bridgehead atoms. The number of fused-ring (bicyclic) bond motifs is 1. The number of carbonyl (C=O) groups is 1. The van der Waals surface area contributed by atoms with Gasteiger partial charge in [-0.15, -0.1) is 0 Å². The van der Waals surface area contributed by atoms with Crippen LogP contribution in [0.1, 0.15) is 18.4 Å². The quantitative estimate of drug-likeness (QED) is 0.810. The molecule has 1 aromatic rings. The van der Waals surface area contributed by atoms with Crippen molar-refractivity contribution in [2.75, 3.05) is 26.7 Å². The van der Waals surface area contributed by atoms with Crippen LogP contribution in [0.25, 0.3) is 0 Å². The molecule has 108 valence electrons. The van der Waals surface area contributed by atoms with E-state index in [4.69, 9.17) is 4.74 Å². The SMILES string of the molecule is Cc1ccc(OC2CC3CN(C)CCCN3C2=O)nc1. The predicted molar refractivity (Wildman–Crippen MR) is 75.6 cm³/mol. The van der Waals surface area contributed by atoms with Gasteiger partial charge in [-0.1, -0.05) is 6.07 Å². The Balaban J connectivity index is 1.70. The third-order valence-electron chi connectivity index (χ3n) is 4.09. The molecule has 2 aliphatic rings. The number of rotatable bonds is 2. The van der Waals surface area contributed by atoms with Crippen molar-refractivity contribution in [3.05, 3.63) is 23.9 Å². The summed E-state index contributed by atoms with van der Waals surface area (Å²) in [7, 11) is 2.11. The highest BCUT2D eigenvalue weighted by Gasteiger charge is 2.42. The first-order valence-electron chi connectivity index (χ1n) is 7.22. The summed E-state index contributed by atoms with van der Waals surface area (Å²) < 4.78 is 5.79. The van der Waals surface area contributed by atoms with Gasteiger partial charge in [-0.25, -0.2) is 4.98 Å². The van der Waals surface area contributed by atoms with Crippen LogP contribution in [0.2, 0.25) is 0 Å². The molecule has 0 spiro atoms. The van der Waals surface area contributed by atoms with Gasteiger partial charge in [0.1, 0.15) is 0 Å². The lowest BCUT2D eigenvalue weighted by atomic mass is 10.2. The topological polar surface area (TPSA) is 45.7 Å². The van der Waals surface area contributed by atoms with E-state index in [2.05, 4.69) is 16.9 Å². The smallest absolute Gasteiger partial charge is 0.264 e. The molecular weight excluding hydrogens is 254 g/mol. The number of pyridine rings is 1. The number of aryl methyl sites for hydroxylation is 1. The molecule has 2 aliphatic heterocycles. The summed E-state index contributed by atoms with van der Waals surface area (Å²) in [6.07, 6.45) is 3.19. The van der Waals surface area contributed by atoms with Crippen molar-refractivity contribution < 1.29 is 9.53 Å². The van der Waals surface area contributed by atoms with Crippen LogP contribution >= 0.6 is 0 Å². The highest BCUT2D eigenvalue weighted by molar-refractivity contribution is 5.84. The molecule has 2 saturated heterocycles. The molecule has 1 amide bonds. The maximum Gasteiger partial charge on any atom is 0.264 e. The van der Waals surface area contributed by atoms with Crippen LogP contribution in [-0.4, -0.2) is 59.5 Å². The molecule has 1 aromatic heterocycles. The van der Waals surface area contributed by atoms with Gasteiger partial charge in [-0.2, -0.15) is 0 Å². The van der Waals surface area contributed by atoms with Crippen molar-refractivity contribution in [1.29, 1.82) is 0 Å². The average molecular weight is 275 g/mol. The molecule has 2 unspecified atom stereocenters. The van der Waals surface area contributed by atoms with Crippen molar-refractivity contribution in [3.8, 4) is 5.88 Å². The van der Waals surface area contributed by atoms with E-state index in [1.165, 1.54) is 0 Å². The molecule has 20 heavy (non-hydrogen) atoms. The summed E-state index contributed by atoms with van der Waals surface area (Å²) in [4.78, 5) is 20.9. The summed E-state index contributed by atoms with van der Waals surface area (Å²) in [5.41, 5.74) is 1.09. The first-order valence-corrected chi connectivity index (χ1v) is 7.22. The molecule has 2 fully saturated rings. The zero-order chi connectivity index (χ0) is 14.1. The van der Waals surface area contributed by atoms with E-state index < -0.39 is 0 Å². The largest absolute Gasteiger partial charge is 0.464 e. The van der Waals surface area contributed by atoms with Crippen LogP contribution < -0.4 is 4.74 Å². The van der Waals surface area contributed by atoms with Gasteiger partial charge in [0.15, 0.2) is 6.10 Å². The van der Waals surface area contributed by atoms with Crippen LogP contribution in [0.3, 0.4) is 0 Å². The maximum atomic E-state index is 12.4. The first-order chi connectivity index (χ1) is 9.63. The number of hydrogen-bond acceptors (Lipinski definition) is 4. The third kappa shape index (κ3) is 2.63. The molecule has 0 N–H and O–H groups in total. The van der Waals surface area contributed by atoms with Gasteiger partial charge in [-0.3, -0.25) is 4.79 Å². The Morgan fingerprint density at radius 3 is 2.95 bits per heavy atom. The maximum absolute atomic E-state index is 12.4. The predicted octanol–water partition coefficient (Wildman–Crippen LogP) is 1.07. The normalized spacial score (nSPS) is 27.3. The van der Waals surface area contributed by atoms with E-state index in [1.807, 2.05) is 24.0 Å².